The minimum atomic E-state index is 0.649. The number of methoxy groups -OCH3 is 1. The Bertz CT molecular complexity index is 1090. The number of carbonyl (C=O) groups excluding carboxylic acids is 1. The van der Waals surface area contributed by atoms with Crippen LogP contribution in [0.1, 0.15) is 60.3 Å². The van der Waals surface area contributed by atoms with Crippen molar-refractivity contribution in [2.24, 2.45) is 9.98 Å². The van der Waals surface area contributed by atoms with E-state index in [4.69, 9.17) is 4.74 Å². The van der Waals surface area contributed by atoms with Crippen LogP contribution in [-0.2, 0) is 6.42 Å². The van der Waals surface area contributed by atoms with Crippen LogP contribution in [0.15, 0.2) is 58.8 Å². The molecule has 0 amide bonds. The molecule has 2 aromatic rings. The van der Waals surface area contributed by atoms with E-state index in [1.807, 2.05) is 64.2 Å². The standard InChI is InChI=1S/C27H33N3O2/c1-8-14-28-27(30-24-11-10-23(17-31)22(9-2)15-24)21(6)29-16-18(3)25-12-13-26(32-7)20(5)19(25)4/h8,10-17H,9H2,1-7H3,(H,28,30)/b14-8-,18-16+,29-21?. The smallest absolute Gasteiger partial charge is 0.151 e. The van der Waals surface area contributed by atoms with Gasteiger partial charge >= 0.3 is 0 Å². The quantitative estimate of drug-likeness (QED) is 0.293. The first-order valence-corrected chi connectivity index (χ1v) is 10.8. The molecule has 0 fully saturated rings. The maximum Gasteiger partial charge on any atom is 0.151 e. The van der Waals surface area contributed by atoms with E-state index in [1.165, 1.54) is 5.56 Å². The number of aliphatic imine (C=N–C) groups is 2. The maximum atomic E-state index is 11.2. The van der Waals surface area contributed by atoms with E-state index in [1.54, 1.807) is 13.3 Å². The van der Waals surface area contributed by atoms with Crippen molar-refractivity contribution in [3.63, 3.8) is 0 Å². The molecular formula is C27H33N3O2. The lowest BCUT2D eigenvalue weighted by molar-refractivity contribution is 0.112. The highest BCUT2D eigenvalue weighted by Crippen LogP contribution is 2.28. The van der Waals surface area contributed by atoms with Crippen LogP contribution in [0.5, 0.6) is 5.75 Å². The minimum Gasteiger partial charge on any atom is -0.496 e. The van der Waals surface area contributed by atoms with Gasteiger partial charge in [0.25, 0.3) is 0 Å². The second-order valence-corrected chi connectivity index (χ2v) is 7.56. The minimum absolute atomic E-state index is 0.649. The highest BCUT2D eigenvalue weighted by Gasteiger charge is 2.09. The molecule has 168 valence electrons. The predicted octanol–water partition coefficient (Wildman–Crippen LogP) is 6.55. The summed E-state index contributed by atoms with van der Waals surface area (Å²) >= 11 is 0. The number of ether oxygens (including phenoxy) is 1. The zero-order chi connectivity index (χ0) is 23.7. The summed E-state index contributed by atoms with van der Waals surface area (Å²) in [6.07, 6.45) is 7.13. The van der Waals surface area contributed by atoms with Crippen molar-refractivity contribution in [2.45, 2.75) is 48.0 Å². The number of anilines is 1. The van der Waals surface area contributed by atoms with Crippen molar-refractivity contribution in [3.8, 4) is 5.75 Å². The van der Waals surface area contributed by atoms with Crippen molar-refractivity contribution < 1.29 is 9.53 Å². The number of carbonyl (C=O) groups is 1. The summed E-state index contributed by atoms with van der Waals surface area (Å²) in [5.41, 5.74) is 7.81. The molecule has 2 aromatic carbocycles. The van der Waals surface area contributed by atoms with Gasteiger partial charge in [0.15, 0.2) is 5.84 Å². The molecule has 0 aliphatic rings. The maximum absolute atomic E-state index is 11.2. The first kappa shape index (κ1) is 24.8. The van der Waals surface area contributed by atoms with Crippen LogP contribution < -0.4 is 10.1 Å². The summed E-state index contributed by atoms with van der Waals surface area (Å²) in [5.74, 6) is 1.53. The number of nitrogens with one attached hydrogen (secondary N) is 1. The number of amidine groups is 1. The Morgan fingerprint density at radius 2 is 1.84 bits per heavy atom. The molecule has 0 bridgehead atoms. The number of aryl methyl sites for hydroxylation is 1. The van der Waals surface area contributed by atoms with E-state index in [0.717, 1.165) is 52.1 Å². The molecule has 0 unspecified atom stereocenters. The number of hydrogen-bond donors (Lipinski definition) is 1. The molecule has 0 spiro atoms. The number of rotatable bonds is 8. The average molecular weight is 432 g/mol. The van der Waals surface area contributed by atoms with Crippen molar-refractivity contribution in [2.75, 3.05) is 12.4 Å². The van der Waals surface area contributed by atoms with Crippen LogP contribution in [0.25, 0.3) is 5.57 Å². The van der Waals surface area contributed by atoms with Crippen molar-refractivity contribution >= 4 is 29.1 Å². The van der Waals surface area contributed by atoms with E-state index in [9.17, 15) is 4.79 Å². The highest BCUT2D eigenvalue weighted by molar-refractivity contribution is 6.45. The summed E-state index contributed by atoms with van der Waals surface area (Å²) < 4.78 is 5.42. The van der Waals surface area contributed by atoms with Gasteiger partial charge in [0.1, 0.15) is 12.0 Å². The summed E-state index contributed by atoms with van der Waals surface area (Å²) in [5, 5.41) is 3.34. The lowest BCUT2D eigenvalue weighted by Gasteiger charge is -2.13. The predicted molar refractivity (Wildman–Crippen MR) is 136 cm³/mol. The first-order chi connectivity index (χ1) is 15.4. The summed E-state index contributed by atoms with van der Waals surface area (Å²) in [6, 6.07) is 9.73. The van der Waals surface area contributed by atoms with Crippen LogP contribution >= 0.6 is 0 Å². The molecular weight excluding hydrogens is 398 g/mol. The molecule has 5 nitrogen and oxygen atoms in total. The number of aldehydes is 1. The van der Waals surface area contributed by atoms with Gasteiger partial charge in [-0.2, -0.15) is 0 Å². The molecule has 1 N–H and O–H groups in total. The van der Waals surface area contributed by atoms with Gasteiger partial charge in [-0.1, -0.05) is 19.1 Å². The monoisotopic (exact) mass is 431 g/mol. The molecule has 0 radical (unpaired) electrons. The fourth-order valence-electron chi connectivity index (χ4n) is 3.38. The van der Waals surface area contributed by atoms with Crippen molar-refractivity contribution in [1.82, 2.24) is 0 Å². The molecule has 0 aliphatic heterocycles. The zero-order valence-electron chi connectivity index (χ0n) is 20.1. The van der Waals surface area contributed by atoms with E-state index < -0.39 is 0 Å². The molecule has 32 heavy (non-hydrogen) atoms. The van der Waals surface area contributed by atoms with Crippen LogP contribution in [0.4, 0.5) is 5.69 Å². The second-order valence-electron chi connectivity index (χ2n) is 7.56. The fourth-order valence-corrected chi connectivity index (χ4v) is 3.38. The van der Waals surface area contributed by atoms with E-state index in [0.29, 0.717) is 11.4 Å². The summed E-state index contributed by atoms with van der Waals surface area (Å²) in [6.45, 7) is 12.1. The third-order valence-electron chi connectivity index (χ3n) is 5.44. The molecule has 5 heteroatoms. The van der Waals surface area contributed by atoms with Crippen LogP contribution in [-0.4, -0.2) is 24.9 Å². The fraction of sp³-hybridized carbons (Fsp3) is 0.296. The first-order valence-electron chi connectivity index (χ1n) is 10.8. The molecule has 0 aliphatic carbocycles. The van der Waals surface area contributed by atoms with E-state index in [-0.39, 0.29) is 0 Å². The second kappa shape index (κ2) is 11.8. The van der Waals surface area contributed by atoms with Gasteiger partial charge in [0, 0.05) is 23.7 Å². The molecule has 0 saturated heterocycles. The van der Waals surface area contributed by atoms with Crippen molar-refractivity contribution in [3.05, 3.63) is 76.6 Å². The molecule has 0 heterocycles. The van der Waals surface area contributed by atoms with Crippen LogP contribution in [0, 0.1) is 13.8 Å². The Morgan fingerprint density at radius 3 is 2.47 bits per heavy atom. The lowest BCUT2D eigenvalue weighted by atomic mass is 9.98. The summed E-state index contributed by atoms with van der Waals surface area (Å²) in [7, 11) is 1.69. The number of benzene rings is 2. The lowest BCUT2D eigenvalue weighted by Crippen LogP contribution is -2.20. The Balaban J connectivity index is 2.36. The number of nitrogens with zero attached hydrogens (tertiary/aromatic N) is 2. The molecule has 2 rings (SSSR count). The number of hydrogen-bond acceptors (Lipinski definition) is 4. The van der Waals surface area contributed by atoms with E-state index in [2.05, 4.69) is 35.2 Å². The van der Waals surface area contributed by atoms with Gasteiger partial charge < -0.3 is 10.1 Å². The third kappa shape index (κ3) is 6.03. The largest absolute Gasteiger partial charge is 0.496 e. The van der Waals surface area contributed by atoms with Crippen molar-refractivity contribution in [1.29, 1.82) is 0 Å². The highest BCUT2D eigenvalue weighted by atomic mass is 16.5. The molecule has 0 aromatic heterocycles. The van der Waals surface area contributed by atoms with Gasteiger partial charge in [0.2, 0.25) is 0 Å². The van der Waals surface area contributed by atoms with Gasteiger partial charge in [0.05, 0.1) is 12.8 Å². The SMILES string of the molecule is C/C=C\N=C(Nc1ccc(C=O)c(CC)c1)C(C)=N/C=C(\C)c1ccc(OC)c(C)c1C. The van der Waals surface area contributed by atoms with Crippen LogP contribution in [0.3, 0.4) is 0 Å². The molecule has 0 atom stereocenters. The topological polar surface area (TPSA) is 63.0 Å². The third-order valence-corrected chi connectivity index (χ3v) is 5.44. The van der Waals surface area contributed by atoms with Gasteiger partial charge in [-0.15, -0.1) is 0 Å². The normalized spacial score (nSPS) is 12.9. The van der Waals surface area contributed by atoms with E-state index >= 15 is 0 Å². The Labute approximate surface area is 191 Å². The van der Waals surface area contributed by atoms with Crippen LogP contribution in [0.2, 0.25) is 0 Å². The average Bonchev–Trinajstić information content (AvgIpc) is 2.81. The Kier molecular flexibility index (Phi) is 9.14. The van der Waals surface area contributed by atoms with Gasteiger partial charge in [-0.05, 0) is 93.1 Å². The van der Waals surface area contributed by atoms with Gasteiger partial charge in [-0.25, -0.2) is 4.99 Å². The Hall–Kier alpha value is -3.47. The van der Waals surface area contributed by atoms with Gasteiger partial charge in [-0.3, -0.25) is 9.79 Å². The molecule has 0 saturated carbocycles. The number of allylic oxidation sites excluding steroid dienone is 2. The Morgan fingerprint density at radius 1 is 1.09 bits per heavy atom. The summed E-state index contributed by atoms with van der Waals surface area (Å²) in [4.78, 5) is 20.4. The zero-order valence-corrected chi connectivity index (χ0v) is 20.1.